The number of anilines is 1. The van der Waals surface area contributed by atoms with E-state index in [1.165, 1.54) is 22.7 Å². The van der Waals surface area contributed by atoms with Crippen LogP contribution < -0.4 is 15.4 Å². The average molecular weight is 595 g/mol. The predicted octanol–water partition coefficient (Wildman–Crippen LogP) is 2.88. The van der Waals surface area contributed by atoms with E-state index >= 15 is 0 Å². The third kappa shape index (κ3) is 5.29. The zero-order valence-corrected chi connectivity index (χ0v) is 24.0. The van der Waals surface area contributed by atoms with Gasteiger partial charge in [0, 0.05) is 43.1 Å². The van der Waals surface area contributed by atoms with E-state index in [2.05, 4.69) is 15.6 Å². The first-order valence-electron chi connectivity index (χ1n) is 13.9. The minimum atomic E-state index is -3.33. The standard InChI is InChI=1S/C29H31FN6O5S/c1-17-11-16-36-29(41-17)22(24(34-36)19-12-14-35(15-13-19)42(2,39)40)27(37)33-26-28(38)32-25-20(9-6-10-21(25)30)23(31-26)18-7-4-3-5-8-18/h3-10,17,19,26H,11-16H2,1-2H3,(H,32,38)(H,33,37)/t17-,26-/m1/s1. The van der Waals surface area contributed by atoms with E-state index in [9.17, 15) is 22.4 Å². The number of carbonyl (C=O) groups is 2. The number of para-hydroxylation sites is 1. The predicted molar refractivity (Wildman–Crippen MR) is 154 cm³/mol. The van der Waals surface area contributed by atoms with Crippen molar-refractivity contribution >= 4 is 33.2 Å². The number of hydrogen-bond donors (Lipinski definition) is 2. The van der Waals surface area contributed by atoms with Gasteiger partial charge in [-0.1, -0.05) is 42.5 Å². The highest BCUT2D eigenvalue weighted by molar-refractivity contribution is 7.88. The number of nitrogens with zero attached hydrogens (tertiary/aromatic N) is 4. The molecule has 3 aliphatic heterocycles. The van der Waals surface area contributed by atoms with E-state index in [1.54, 1.807) is 22.9 Å². The highest BCUT2D eigenvalue weighted by Gasteiger charge is 2.37. The van der Waals surface area contributed by atoms with Crippen molar-refractivity contribution < 1.29 is 27.1 Å². The Hall–Kier alpha value is -4.10. The van der Waals surface area contributed by atoms with Crippen LogP contribution in [0.1, 0.15) is 59.3 Å². The van der Waals surface area contributed by atoms with Crippen LogP contribution in [0.25, 0.3) is 0 Å². The molecule has 0 spiro atoms. The molecule has 220 valence electrons. The van der Waals surface area contributed by atoms with Crippen molar-refractivity contribution in [2.75, 3.05) is 24.7 Å². The maximum Gasteiger partial charge on any atom is 0.269 e. The first-order valence-corrected chi connectivity index (χ1v) is 15.7. The fraction of sp³-hybridized carbons (Fsp3) is 0.379. The fourth-order valence-corrected chi connectivity index (χ4v) is 6.54. The zero-order valence-electron chi connectivity index (χ0n) is 23.2. The molecule has 3 aromatic rings. The van der Waals surface area contributed by atoms with E-state index in [1.807, 2.05) is 25.1 Å². The molecular weight excluding hydrogens is 563 g/mol. The van der Waals surface area contributed by atoms with Crippen LogP contribution in [-0.4, -0.2) is 71.6 Å². The fourth-order valence-electron chi connectivity index (χ4n) is 5.67. The summed E-state index contributed by atoms with van der Waals surface area (Å²) in [6.07, 6.45) is 1.32. The second-order valence-corrected chi connectivity index (χ2v) is 12.8. The third-order valence-electron chi connectivity index (χ3n) is 7.87. The number of carbonyl (C=O) groups excluding carboxylic acids is 2. The van der Waals surface area contributed by atoms with Gasteiger partial charge < -0.3 is 15.4 Å². The Labute approximate surface area is 242 Å². The van der Waals surface area contributed by atoms with Gasteiger partial charge >= 0.3 is 0 Å². The quantitative estimate of drug-likeness (QED) is 0.467. The Morgan fingerprint density at radius 3 is 2.52 bits per heavy atom. The van der Waals surface area contributed by atoms with Crippen molar-refractivity contribution in [3.05, 3.63) is 76.7 Å². The third-order valence-corrected chi connectivity index (χ3v) is 9.17. The highest BCUT2D eigenvalue weighted by atomic mass is 32.2. The molecule has 13 heteroatoms. The molecule has 1 saturated heterocycles. The zero-order chi connectivity index (χ0) is 29.6. The van der Waals surface area contributed by atoms with Gasteiger partial charge in [-0.2, -0.15) is 5.10 Å². The normalized spacial score (nSPS) is 21.3. The lowest BCUT2D eigenvalue weighted by Crippen LogP contribution is -2.43. The van der Waals surface area contributed by atoms with Crippen LogP contribution in [0, 0.1) is 5.82 Å². The summed E-state index contributed by atoms with van der Waals surface area (Å²) < 4.78 is 48.2. The first kappa shape index (κ1) is 28.0. The second-order valence-electron chi connectivity index (χ2n) is 10.8. The molecule has 0 saturated carbocycles. The number of piperidine rings is 1. The summed E-state index contributed by atoms with van der Waals surface area (Å²) in [5, 5.41) is 10.1. The number of fused-ring (bicyclic) bond motifs is 2. The maximum atomic E-state index is 14.9. The van der Waals surface area contributed by atoms with E-state index in [-0.39, 0.29) is 23.3 Å². The second kappa shape index (κ2) is 11.0. The summed E-state index contributed by atoms with van der Waals surface area (Å²) >= 11 is 0. The minimum Gasteiger partial charge on any atom is -0.474 e. The monoisotopic (exact) mass is 594 g/mol. The molecule has 6 rings (SSSR count). The molecule has 2 aromatic carbocycles. The number of nitrogens with one attached hydrogen (secondary N) is 2. The van der Waals surface area contributed by atoms with Crippen LogP contribution in [0.2, 0.25) is 0 Å². The Morgan fingerprint density at radius 1 is 1.07 bits per heavy atom. The Bertz CT molecular complexity index is 1680. The Kier molecular flexibility index (Phi) is 7.31. The molecule has 0 aliphatic carbocycles. The van der Waals surface area contributed by atoms with Gasteiger partial charge in [-0.3, -0.25) is 9.59 Å². The molecule has 1 aromatic heterocycles. The highest BCUT2D eigenvalue weighted by Crippen LogP contribution is 2.37. The number of benzene rings is 2. The lowest BCUT2D eigenvalue weighted by Gasteiger charge is -2.29. The molecule has 0 unspecified atom stereocenters. The van der Waals surface area contributed by atoms with Crippen LogP contribution in [0.4, 0.5) is 10.1 Å². The van der Waals surface area contributed by atoms with Gasteiger partial charge in [-0.05, 0) is 25.8 Å². The van der Waals surface area contributed by atoms with Crippen LogP contribution in [-0.2, 0) is 21.4 Å². The molecule has 42 heavy (non-hydrogen) atoms. The molecule has 0 bridgehead atoms. The maximum absolute atomic E-state index is 14.9. The van der Waals surface area contributed by atoms with Crippen molar-refractivity contribution in [3.63, 3.8) is 0 Å². The molecule has 11 nitrogen and oxygen atoms in total. The molecule has 3 aliphatic rings. The molecule has 1 fully saturated rings. The molecule has 4 heterocycles. The molecule has 0 radical (unpaired) electrons. The number of aliphatic imine (C=N–C) groups is 1. The van der Waals surface area contributed by atoms with Gasteiger partial charge in [0.1, 0.15) is 11.4 Å². The van der Waals surface area contributed by atoms with E-state index < -0.39 is 33.8 Å². The SMILES string of the molecule is C[C@@H]1CCn2nc(C3CCN(S(C)(=O)=O)CC3)c(C(=O)N[C@H]3N=C(c4ccccc4)c4cccc(F)c4NC3=O)c2O1. The smallest absolute Gasteiger partial charge is 0.269 e. The van der Waals surface area contributed by atoms with Gasteiger partial charge in [-0.15, -0.1) is 0 Å². The summed E-state index contributed by atoms with van der Waals surface area (Å²) in [6.45, 7) is 3.07. The van der Waals surface area contributed by atoms with E-state index in [0.29, 0.717) is 67.3 Å². The molecule has 2 atom stereocenters. The lowest BCUT2D eigenvalue weighted by atomic mass is 9.92. The number of amides is 2. The molecule has 2 N–H and O–H groups in total. The van der Waals surface area contributed by atoms with E-state index in [4.69, 9.17) is 9.84 Å². The van der Waals surface area contributed by atoms with Gasteiger partial charge in [-0.25, -0.2) is 26.8 Å². The number of aryl methyl sites for hydroxylation is 1. The largest absolute Gasteiger partial charge is 0.474 e. The van der Waals surface area contributed by atoms with Crippen molar-refractivity contribution in [1.82, 2.24) is 19.4 Å². The van der Waals surface area contributed by atoms with Crippen LogP contribution in [0.5, 0.6) is 5.88 Å². The summed E-state index contributed by atoms with van der Waals surface area (Å²) in [5.41, 5.74) is 2.09. The lowest BCUT2D eigenvalue weighted by molar-refractivity contribution is -0.117. The summed E-state index contributed by atoms with van der Waals surface area (Å²) in [5.74, 6) is -1.80. The Morgan fingerprint density at radius 2 is 1.81 bits per heavy atom. The number of rotatable bonds is 5. The van der Waals surface area contributed by atoms with Crippen molar-refractivity contribution in [3.8, 4) is 5.88 Å². The van der Waals surface area contributed by atoms with Crippen LogP contribution in [0.3, 0.4) is 0 Å². The van der Waals surface area contributed by atoms with Gasteiger partial charge in [0.25, 0.3) is 11.8 Å². The van der Waals surface area contributed by atoms with Gasteiger partial charge in [0.15, 0.2) is 0 Å². The number of ether oxygens (including phenoxy) is 1. The number of hydrogen-bond acceptors (Lipinski definition) is 7. The van der Waals surface area contributed by atoms with Crippen molar-refractivity contribution in [2.24, 2.45) is 4.99 Å². The number of benzodiazepines with no additional fused rings is 1. The summed E-state index contributed by atoms with van der Waals surface area (Å²) in [4.78, 5) is 32.0. The van der Waals surface area contributed by atoms with Gasteiger partial charge in [0.2, 0.25) is 22.1 Å². The molecule has 2 amide bonds. The molecular formula is C29H31FN6O5S. The number of aromatic nitrogens is 2. The van der Waals surface area contributed by atoms with Gasteiger partial charge in [0.05, 0.1) is 29.5 Å². The minimum absolute atomic E-state index is 0.0137. The first-order chi connectivity index (χ1) is 20.1. The summed E-state index contributed by atoms with van der Waals surface area (Å²) in [6, 6.07) is 13.5. The van der Waals surface area contributed by atoms with Crippen LogP contribution in [0.15, 0.2) is 53.5 Å². The topological polar surface area (TPSA) is 135 Å². The van der Waals surface area contributed by atoms with Crippen molar-refractivity contribution in [1.29, 1.82) is 0 Å². The summed E-state index contributed by atoms with van der Waals surface area (Å²) in [7, 11) is -3.33. The van der Waals surface area contributed by atoms with Crippen LogP contribution >= 0.6 is 0 Å². The number of sulfonamides is 1. The Balaban J connectivity index is 1.36. The van der Waals surface area contributed by atoms with Crippen molar-refractivity contribution in [2.45, 2.75) is 50.9 Å². The number of halogens is 1. The average Bonchev–Trinajstić information content (AvgIpc) is 3.28. The van der Waals surface area contributed by atoms with E-state index in [0.717, 1.165) is 0 Å².